The molecule has 3 N–H and O–H groups in total. The van der Waals surface area contributed by atoms with E-state index in [1.54, 1.807) is 0 Å². The van der Waals surface area contributed by atoms with Crippen LogP contribution in [-0.4, -0.2) is 38.0 Å². The van der Waals surface area contributed by atoms with Gasteiger partial charge < -0.3 is 11.1 Å². The fourth-order valence-electron chi connectivity index (χ4n) is 2.15. The van der Waals surface area contributed by atoms with Gasteiger partial charge in [-0.2, -0.15) is 0 Å². The molecule has 1 fully saturated rings. The summed E-state index contributed by atoms with van der Waals surface area (Å²) in [6, 6.07) is 0.321. The average molecular weight is 234 g/mol. The Morgan fingerprint density at radius 1 is 1.53 bits per heavy atom. The summed E-state index contributed by atoms with van der Waals surface area (Å²) in [5.41, 5.74) is 5.35. The molecule has 0 amide bonds. The summed E-state index contributed by atoms with van der Waals surface area (Å²) < 4.78 is 23.2. The summed E-state index contributed by atoms with van der Waals surface area (Å²) in [4.78, 5) is 0. The van der Waals surface area contributed by atoms with Crippen LogP contribution in [0.4, 0.5) is 0 Å². The molecule has 5 heteroatoms. The van der Waals surface area contributed by atoms with Gasteiger partial charge in [-0.3, -0.25) is 0 Å². The SMILES string of the molecule is CCC(C)NC1(CN)CCCS(=O)(=O)C1. The van der Waals surface area contributed by atoms with Crippen molar-refractivity contribution in [1.82, 2.24) is 5.32 Å². The molecule has 4 nitrogen and oxygen atoms in total. The van der Waals surface area contributed by atoms with Crippen LogP contribution in [0, 0.1) is 0 Å². The molecular weight excluding hydrogens is 212 g/mol. The van der Waals surface area contributed by atoms with Crippen molar-refractivity contribution in [3.63, 3.8) is 0 Å². The van der Waals surface area contributed by atoms with Gasteiger partial charge in [-0.25, -0.2) is 8.42 Å². The number of sulfone groups is 1. The third-order valence-corrected chi connectivity index (χ3v) is 5.07. The highest BCUT2D eigenvalue weighted by Gasteiger charge is 2.38. The van der Waals surface area contributed by atoms with Gasteiger partial charge in [-0.05, 0) is 26.2 Å². The summed E-state index contributed by atoms with van der Waals surface area (Å²) >= 11 is 0. The maximum absolute atomic E-state index is 11.6. The number of hydrogen-bond acceptors (Lipinski definition) is 4. The molecular formula is C10H22N2O2S. The van der Waals surface area contributed by atoms with Crippen molar-refractivity contribution < 1.29 is 8.42 Å². The number of nitrogens with two attached hydrogens (primary N) is 1. The maximum Gasteiger partial charge on any atom is 0.152 e. The van der Waals surface area contributed by atoms with E-state index in [9.17, 15) is 8.42 Å². The molecule has 1 saturated heterocycles. The molecule has 0 aromatic carbocycles. The normalized spacial score (nSPS) is 32.5. The first-order valence-electron chi connectivity index (χ1n) is 5.61. The zero-order valence-electron chi connectivity index (χ0n) is 9.62. The number of rotatable bonds is 4. The summed E-state index contributed by atoms with van der Waals surface area (Å²) in [7, 11) is -2.90. The molecule has 2 unspecified atom stereocenters. The summed E-state index contributed by atoms with van der Waals surface area (Å²) in [6.45, 7) is 4.55. The Kier molecular flexibility index (Phi) is 4.14. The molecule has 0 radical (unpaired) electrons. The van der Waals surface area contributed by atoms with Crippen LogP contribution in [0.3, 0.4) is 0 Å². The Balaban J connectivity index is 2.75. The molecule has 1 aliphatic rings. The Hall–Kier alpha value is -0.130. The van der Waals surface area contributed by atoms with Crippen LogP contribution in [0.25, 0.3) is 0 Å². The van der Waals surface area contributed by atoms with Gasteiger partial charge in [0, 0.05) is 18.1 Å². The van der Waals surface area contributed by atoms with Gasteiger partial charge in [0.15, 0.2) is 9.84 Å². The van der Waals surface area contributed by atoms with E-state index in [0.29, 0.717) is 18.3 Å². The van der Waals surface area contributed by atoms with Crippen LogP contribution in [0.2, 0.25) is 0 Å². The van der Waals surface area contributed by atoms with Crippen molar-refractivity contribution in [2.75, 3.05) is 18.1 Å². The summed E-state index contributed by atoms with van der Waals surface area (Å²) in [6.07, 6.45) is 2.58. The zero-order chi connectivity index (χ0) is 11.5. The van der Waals surface area contributed by atoms with Crippen LogP contribution >= 0.6 is 0 Å². The molecule has 1 aliphatic heterocycles. The van der Waals surface area contributed by atoms with Crippen LogP contribution in [0.1, 0.15) is 33.1 Å². The molecule has 90 valence electrons. The lowest BCUT2D eigenvalue weighted by Crippen LogP contribution is -2.60. The molecule has 2 atom stereocenters. The molecule has 0 aliphatic carbocycles. The van der Waals surface area contributed by atoms with E-state index in [-0.39, 0.29) is 11.3 Å². The lowest BCUT2D eigenvalue weighted by molar-refractivity contribution is 0.292. The Morgan fingerprint density at radius 2 is 2.20 bits per heavy atom. The molecule has 0 bridgehead atoms. The van der Waals surface area contributed by atoms with Crippen LogP contribution in [0.15, 0.2) is 0 Å². The van der Waals surface area contributed by atoms with E-state index in [0.717, 1.165) is 19.3 Å². The topological polar surface area (TPSA) is 72.2 Å². The van der Waals surface area contributed by atoms with Gasteiger partial charge in [0.25, 0.3) is 0 Å². The smallest absolute Gasteiger partial charge is 0.152 e. The van der Waals surface area contributed by atoms with E-state index in [2.05, 4.69) is 19.2 Å². The molecule has 1 rings (SSSR count). The molecule has 0 spiro atoms. The lowest BCUT2D eigenvalue weighted by Gasteiger charge is -2.39. The summed E-state index contributed by atoms with van der Waals surface area (Å²) in [5, 5.41) is 3.38. The Labute approximate surface area is 92.5 Å². The number of nitrogens with one attached hydrogen (secondary N) is 1. The van der Waals surface area contributed by atoms with E-state index in [4.69, 9.17) is 5.73 Å². The van der Waals surface area contributed by atoms with Gasteiger partial charge in [0.05, 0.1) is 11.5 Å². The maximum atomic E-state index is 11.6. The second-order valence-corrected chi connectivity index (χ2v) is 6.82. The fraction of sp³-hybridized carbons (Fsp3) is 1.00. The van der Waals surface area contributed by atoms with Crippen molar-refractivity contribution >= 4 is 9.84 Å². The van der Waals surface area contributed by atoms with Gasteiger partial charge in [0.1, 0.15) is 0 Å². The molecule has 0 aromatic heterocycles. The highest BCUT2D eigenvalue weighted by atomic mass is 32.2. The first-order chi connectivity index (χ1) is 6.93. The van der Waals surface area contributed by atoms with Gasteiger partial charge in [0.2, 0.25) is 0 Å². The van der Waals surface area contributed by atoms with Crippen molar-refractivity contribution in [1.29, 1.82) is 0 Å². The van der Waals surface area contributed by atoms with E-state index in [1.165, 1.54) is 0 Å². The van der Waals surface area contributed by atoms with Gasteiger partial charge in [-0.1, -0.05) is 6.92 Å². The van der Waals surface area contributed by atoms with Gasteiger partial charge in [-0.15, -0.1) is 0 Å². The first-order valence-corrected chi connectivity index (χ1v) is 7.43. The predicted octanol–water partition coefficient (Wildman–Crippen LogP) is 0.281. The minimum atomic E-state index is -2.90. The van der Waals surface area contributed by atoms with Crippen LogP contribution in [-0.2, 0) is 9.84 Å². The third-order valence-electron chi connectivity index (χ3n) is 3.16. The fourth-order valence-corrected chi connectivity index (χ4v) is 4.07. The monoisotopic (exact) mass is 234 g/mol. The lowest BCUT2D eigenvalue weighted by atomic mass is 9.94. The van der Waals surface area contributed by atoms with E-state index in [1.807, 2.05) is 0 Å². The second kappa shape index (κ2) is 4.80. The zero-order valence-corrected chi connectivity index (χ0v) is 10.4. The minimum absolute atomic E-state index is 0.195. The van der Waals surface area contributed by atoms with Crippen molar-refractivity contribution in [2.24, 2.45) is 5.73 Å². The Bertz CT molecular complexity index is 303. The Morgan fingerprint density at radius 3 is 2.67 bits per heavy atom. The van der Waals surface area contributed by atoms with Crippen LogP contribution in [0.5, 0.6) is 0 Å². The second-order valence-electron chi connectivity index (χ2n) is 4.63. The molecule has 0 saturated carbocycles. The highest BCUT2D eigenvalue weighted by molar-refractivity contribution is 7.91. The van der Waals surface area contributed by atoms with Crippen molar-refractivity contribution in [3.8, 4) is 0 Å². The quantitative estimate of drug-likeness (QED) is 0.733. The molecule has 1 heterocycles. The standard InChI is InChI=1S/C10H22N2O2S/c1-3-9(2)12-10(7-11)5-4-6-15(13,14)8-10/h9,12H,3-8,11H2,1-2H3. The summed E-state index contributed by atoms with van der Waals surface area (Å²) in [5.74, 6) is 0.512. The van der Waals surface area contributed by atoms with E-state index >= 15 is 0 Å². The third kappa shape index (κ3) is 3.43. The van der Waals surface area contributed by atoms with E-state index < -0.39 is 9.84 Å². The predicted molar refractivity (Wildman–Crippen MR) is 62.6 cm³/mol. The average Bonchev–Trinajstić information content (AvgIpc) is 2.16. The largest absolute Gasteiger partial charge is 0.329 e. The van der Waals surface area contributed by atoms with Crippen molar-refractivity contribution in [2.45, 2.75) is 44.7 Å². The van der Waals surface area contributed by atoms with Gasteiger partial charge >= 0.3 is 0 Å². The molecule has 15 heavy (non-hydrogen) atoms. The first kappa shape index (κ1) is 12.9. The van der Waals surface area contributed by atoms with Crippen LogP contribution < -0.4 is 11.1 Å². The van der Waals surface area contributed by atoms with Crippen molar-refractivity contribution in [3.05, 3.63) is 0 Å². The number of hydrogen-bond donors (Lipinski definition) is 2. The molecule has 0 aromatic rings. The minimum Gasteiger partial charge on any atom is -0.329 e. The highest BCUT2D eigenvalue weighted by Crippen LogP contribution is 2.23.